The van der Waals surface area contributed by atoms with E-state index in [-0.39, 0.29) is 11.9 Å². The summed E-state index contributed by atoms with van der Waals surface area (Å²) in [4.78, 5) is 28.1. The lowest BCUT2D eigenvalue weighted by atomic mass is 10.3. The maximum absolute atomic E-state index is 12.0. The minimum absolute atomic E-state index is 0.0656. The fourth-order valence-corrected chi connectivity index (χ4v) is 3.42. The van der Waals surface area contributed by atoms with Crippen molar-refractivity contribution in [2.75, 3.05) is 39.3 Å². The van der Waals surface area contributed by atoms with Gasteiger partial charge in [-0.3, -0.25) is 9.69 Å². The van der Waals surface area contributed by atoms with Gasteiger partial charge in [0.25, 0.3) is 0 Å². The van der Waals surface area contributed by atoms with E-state index in [4.69, 9.17) is 11.6 Å². The molecule has 1 aliphatic rings. The summed E-state index contributed by atoms with van der Waals surface area (Å²) in [5.74, 6) is -0.0865. The van der Waals surface area contributed by atoms with Crippen molar-refractivity contribution < 1.29 is 9.59 Å². The number of nitrogens with one attached hydrogen (secondary N) is 2. The number of halogens is 1. The third kappa shape index (κ3) is 5.47. The third-order valence-electron chi connectivity index (χ3n) is 3.44. The lowest BCUT2D eigenvalue weighted by Crippen LogP contribution is -2.52. The van der Waals surface area contributed by atoms with E-state index in [9.17, 15) is 9.59 Å². The molecule has 2 N–H and O–H groups in total. The highest BCUT2D eigenvalue weighted by Crippen LogP contribution is 2.23. The Bertz CT molecular complexity index is 515. The molecule has 1 aromatic rings. The van der Waals surface area contributed by atoms with Crippen LogP contribution in [-0.2, 0) is 11.3 Å². The van der Waals surface area contributed by atoms with Crippen LogP contribution in [0.2, 0.25) is 4.34 Å². The number of nitrogens with zero attached hydrogens (tertiary/aromatic N) is 2. The van der Waals surface area contributed by atoms with Gasteiger partial charge in [-0.15, -0.1) is 11.3 Å². The van der Waals surface area contributed by atoms with E-state index in [1.54, 1.807) is 11.3 Å². The molecule has 0 radical (unpaired) electrons. The van der Waals surface area contributed by atoms with Crippen LogP contribution >= 0.6 is 22.9 Å². The van der Waals surface area contributed by atoms with Crippen molar-refractivity contribution in [2.24, 2.45) is 0 Å². The van der Waals surface area contributed by atoms with Gasteiger partial charge >= 0.3 is 6.03 Å². The van der Waals surface area contributed by atoms with Crippen molar-refractivity contribution in [3.63, 3.8) is 0 Å². The number of urea groups is 1. The first-order valence-electron chi connectivity index (χ1n) is 7.28. The number of carbonyl (C=O) groups is 2. The molecular formula is C14H21ClN4O2S. The van der Waals surface area contributed by atoms with Crippen molar-refractivity contribution in [1.82, 2.24) is 20.4 Å². The second kappa shape index (κ2) is 8.36. The zero-order valence-electron chi connectivity index (χ0n) is 12.6. The van der Waals surface area contributed by atoms with Crippen LogP contribution in [0.4, 0.5) is 4.79 Å². The van der Waals surface area contributed by atoms with Gasteiger partial charge in [-0.25, -0.2) is 4.79 Å². The van der Waals surface area contributed by atoms with E-state index < -0.39 is 0 Å². The van der Waals surface area contributed by atoms with Crippen LogP contribution in [0.25, 0.3) is 0 Å². The Morgan fingerprint density at radius 1 is 1.18 bits per heavy atom. The molecule has 1 aromatic heterocycles. The zero-order valence-corrected chi connectivity index (χ0v) is 14.2. The average molecular weight is 345 g/mol. The predicted octanol–water partition coefficient (Wildman–Crippen LogP) is 1.36. The fraction of sp³-hybridized carbons (Fsp3) is 0.571. The first-order valence-corrected chi connectivity index (χ1v) is 8.48. The second-order valence-corrected chi connectivity index (χ2v) is 6.98. The monoisotopic (exact) mass is 344 g/mol. The van der Waals surface area contributed by atoms with Crippen LogP contribution in [0, 0.1) is 0 Å². The van der Waals surface area contributed by atoms with E-state index in [2.05, 4.69) is 15.5 Å². The Hall–Kier alpha value is -1.31. The van der Waals surface area contributed by atoms with Crippen LogP contribution in [0.3, 0.4) is 0 Å². The number of hydrogen-bond donors (Lipinski definition) is 2. The normalized spacial score (nSPS) is 15.6. The molecule has 6 nitrogen and oxygen atoms in total. The summed E-state index contributed by atoms with van der Waals surface area (Å²) in [6.45, 7) is 6.39. The highest BCUT2D eigenvalue weighted by atomic mass is 35.5. The standard InChI is InChI=1S/C14H21ClN4O2S/c1-11(20)16-4-5-17-14(21)19-8-6-18(7-9-19)10-12-2-3-13(15)22-12/h2-3H,4-10H2,1H3,(H,16,20)(H,17,21). The molecule has 0 spiro atoms. The Kier molecular flexibility index (Phi) is 6.48. The molecule has 0 atom stereocenters. The number of rotatable bonds is 5. The minimum atomic E-state index is -0.0865. The summed E-state index contributed by atoms with van der Waals surface area (Å²) in [6, 6.07) is 3.90. The van der Waals surface area contributed by atoms with Crippen molar-refractivity contribution in [3.8, 4) is 0 Å². The summed E-state index contributed by atoms with van der Waals surface area (Å²) in [5, 5.41) is 5.46. The Morgan fingerprint density at radius 2 is 1.86 bits per heavy atom. The summed E-state index contributed by atoms with van der Waals surface area (Å²) in [7, 11) is 0. The van der Waals surface area contributed by atoms with Crippen LogP contribution in [-0.4, -0.2) is 61.0 Å². The molecule has 1 saturated heterocycles. The summed E-state index contributed by atoms with van der Waals surface area (Å²) < 4.78 is 0.812. The van der Waals surface area contributed by atoms with Crippen molar-refractivity contribution in [3.05, 3.63) is 21.3 Å². The van der Waals surface area contributed by atoms with Gasteiger partial charge in [0.2, 0.25) is 5.91 Å². The first-order chi connectivity index (χ1) is 10.5. The van der Waals surface area contributed by atoms with E-state index in [1.165, 1.54) is 11.8 Å². The number of hydrogen-bond acceptors (Lipinski definition) is 4. The molecule has 8 heteroatoms. The van der Waals surface area contributed by atoms with Crippen molar-refractivity contribution in [1.29, 1.82) is 0 Å². The van der Waals surface area contributed by atoms with Gasteiger partial charge in [-0.2, -0.15) is 0 Å². The second-order valence-electron chi connectivity index (χ2n) is 5.18. The molecule has 0 aliphatic carbocycles. The lowest BCUT2D eigenvalue weighted by Gasteiger charge is -2.34. The number of carbonyl (C=O) groups excluding carboxylic acids is 2. The van der Waals surface area contributed by atoms with Gasteiger partial charge < -0.3 is 15.5 Å². The maximum Gasteiger partial charge on any atom is 0.317 e. The fourth-order valence-electron chi connectivity index (χ4n) is 2.29. The highest BCUT2D eigenvalue weighted by Gasteiger charge is 2.21. The molecule has 3 amide bonds. The quantitative estimate of drug-likeness (QED) is 0.793. The SMILES string of the molecule is CC(=O)NCCNC(=O)N1CCN(Cc2ccc(Cl)s2)CC1. The van der Waals surface area contributed by atoms with Gasteiger partial charge in [-0.05, 0) is 12.1 Å². The Labute approximate surface area is 139 Å². The van der Waals surface area contributed by atoms with Gasteiger partial charge in [0.1, 0.15) is 0 Å². The van der Waals surface area contributed by atoms with Gasteiger partial charge in [0.05, 0.1) is 4.34 Å². The molecule has 0 unspecified atom stereocenters. The molecule has 0 bridgehead atoms. The molecule has 0 saturated carbocycles. The van der Waals surface area contributed by atoms with Gasteiger partial charge in [0.15, 0.2) is 0 Å². The zero-order chi connectivity index (χ0) is 15.9. The molecule has 1 aliphatic heterocycles. The van der Waals surface area contributed by atoms with Crippen molar-refractivity contribution >= 4 is 34.9 Å². The molecule has 1 fully saturated rings. The molecule has 0 aromatic carbocycles. The van der Waals surface area contributed by atoms with Crippen LogP contribution in [0.15, 0.2) is 12.1 Å². The van der Waals surface area contributed by atoms with E-state index >= 15 is 0 Å². The maximum atomic E-state index is 12.0. The topological polar surface area (TPSA) is 64.7 Å². The smallest absolute Gasteiger partial charge is 0.317 e. The van der Waals surface area contributed by atoms with Crippen molar-refractivity contribution in [2.45, 2.75) is 13.5 Å². The van der Waals surface area contributed by atoms with Crippen LogP contribution < -0.4 is 10.6 Å². The summed E-state index contributed by atoms with van der Waals surface area (Å²) in [6.07, 6.45) is 0. The Balaban J connectivity index is 1.65. The van der Waals surface area contributed by atoms with E-state index in [0.29, 0.717) is 26.2 Å². The number of amides is 3. The van der Waals surface area contributed by atoms with Gasteiger partial charge in [0, 0.05) is 57.6 Å². The lowest BCUT2D eigenvalue weighted by molar-refractivity contribution is -0.118. The minimum Gasteiger partial charge on any atom is -0.355 e. The number of piperazine rings is 1. The van der Waals surface area contributed by atoms with E-state index in [0.717, 1.165) is 24.0 Å². The molecular weight excluding hydrogens is 324 g/mol. The van der Waals surface area contributed by atoms with E-state index in [1.807, 2.05) is 17.0 Å². The molecule has 2 heterocycles. The first kappa shape index (κ1) is 17.1. The summed E-state index contributed by atoms with van der Waals surface area (Å²) >= 11 is 7.54. The predicted molar refractivity (Wildman–Crippen MR) is 88.3 cm³/mol. The third-order valence-corrected chi connectivity index (χ3v) is 4.66. The largest absolute Gasteiger partial charge is 0.355 e. The average Bonchev–Trinajstić information content (AvgIpc) is 2.89. The van der Waals surface area contributed by atoms with Gasteiger partial charge in [-0.1, -0.05) is 11.6 Å². The number of thiophene rings is 1. The highest BCUT2D eigenvalue weighted by molar-refractivity contribution is 7.16. The molecule has 122 valence electrons. The molecule has 2 rings (SSSR count). The Morgan fingerprint density at radius 3 is 2.45 bits per heavy atom. The summed E-state index contributed by atoms with van der Waals surface area (Å²) in [5.41, 5.74) is 0. The van der Waals surface area contributed by atoms with Crippen LogP contribution in [0.1, 0.15) is 11.8 Å². The molecule has 22 heavy (non-hydrogen) atoms. The van der Waals surface area contributed by atoms with Crippen LogP contribution in [0.5, 0.6) is 0 Å².